The van der Waals surface area contributed by atoms with E-state index in [4.69, 9.17) is 4.98 Å². The summed E-state index contributed by atoms with van der Waals surface area (Å²) in [6, 6.07) is 21.5. The zero-order valence-electron chi connectivity index (χ0n) is 14.4. The summed E-state index contributed by atoms with van der Waals surface area (Å²) in [6.45, 7) is 3.25. The van der Waals surface area contributed by atoms with Crippen LogP contribution >= 0.6 is 0 Å². The Hall–Kier alpha value is -2.39. The number of benzene rings is 2. The molecule has 0 saturated carbocycles. The van der Waals surface area contributed by atoms with Crippen molar-refractivity contribution < 1.29 is 0 Å². The summed E-state index contributed by atoms with van der Waals surface area (Å²) in [6.07, 6.45) is 4.19. The maximum absolute atomic E-state index is 4.78. The van der Waals surface area contributed by atoms with Crippen molar-refractivity contribution in [3.05, 3.63) is 67.0 Å². The lowest BCUT2D eigenvalue weighted by Gasteiger charge is -2.20. The molecule has 0 saturated heterocycles. The molecule has 3 nitrogen and oxygen atoms in total. The van der Waals surface area contributed by atoms with Gasteiger partial charge in [-0.3, -0.25) is 0 Å². The van der Waals surface area contributed by atoms with E-state index >= 15 is 0 Å². The average molecular weight is 319 g/mol. The van der Waals surface area contributed by atoms with Crippen LogP contribution < -0.4 is 5.32 Å². The number of nitrogens with zero attached hydrogens (tertiary/aromatic N) is 2. The third-order valence-corrected chi connectivity index (χ3v) is 4.48. The smallest absolute Gasteiger partial charge is 0.0963 e. The molecule has 1 unspecified atom stereocenters. The minimum atomic E-state index is 0.442. The molecule has 0 spiro atoms. The fraction of sp³-hybridized carbons (Fsp3) is 0.286. The highest BCUT2D eigenvalue weighted by molar-refractivity contribution is 5.78. The second-order valence-electron chi connectivity index (χ2n) is 6.04. The largest absolute Gasteiger partial charge is 0.327 e. The number of aromatic nitrogens is 2. The number of rotatable bonds is 7. The molecular formula is C21H25N3. The Morgan fingerprint density at radius 2 is 1.58 bits per heavy atom. The molecule has 0 aliphatic heterocycles. The van der Waals surface area contributed by atoms with Crippen LogP contribution in [-0.4, -0.2) is 23.1 Å². The van der Waals surface area contributed by atoms with Crippen molar-refractivity contribution in [1.29, 1.82) is 0 Å². The quantitative estimate of drug-likeness (QED) is 0.679. The van der Waals surface area contributed by atoms with Gasteiger partial charge in [0.1, 0.15) is 0 Å². The molecule has 0 aliphatic rings. The van der Waals surface area contributed by atoms with Crippen molar-refractivity contribution in [2.24, 2.45) is 0 Å². The van der Waals surface area contributed by atoms with Crippen LogP contribution in [0.15, 0.2) is 67.0 Å². The van der Waals surface area contributed by atoms with E-state index in [1.54, 1.807) is 0 Å². The van der Waals surface area contributed by atoms with Gasteiger partial charge in [-0.25, -0.2) is 4.98 Å². The van der Waals surface area contributed by atoms with Crippen molar-refractivity contribution in [2.45, 2.75) is 25.8 Å². The minimum absolute atomic E-state index is 0.442. The van der Waals surface area contributed by atoms with Crippen molar-refractivity contribution in [3.8, 4) is 22.5 Å². The summed E-state index contributed by atoms with van der Waals surface area (Å²) in [7, 11) is 2.01. The molecule has 0 aliphatic carbocycles. The van der Waals surface area contributed by atoms with Gasteiger partial charge in [0.05, 0.1) is 17.7 Å². The molecule has 1 N–H and O–H groups in total. The van der Waals surface area contributed by atoms with Crippen LogP contribution in [0.4, 0.5) is 0 Å². The molecule has 24 heavy (non-hydrogen) atoms. The van der Waals surface area contributed by atoms with Crippen LogP contribution in [0.25, 0.3) is 22.5 Å². The molecule has 0 bridgehead atoms. The van der Waals surface area contributed by atoms with E-state index in [-0.39, 0.29) is 0 Å². The molecule has 3 rings (SSSR count). The summed E-state index contributed by atoms with van der Waals surface area (Å²) in [5.41, 5.74) is 4.66. The zero-order valence-corrected chi connectivity index (χ0v) is 14.4. The van der Waals surface area contributed by atoms with E-state index in [0.29, 0.717) is 6.04 Å². The Kier molecular flexibility index (Phi) is 5.44. The highest BCUT2D eigenvalue weighted by atomic mass is 15.1. The fourth-order valence-electron chi connectivity index (χ4n) is 3.18. The maximum Gasteiger partial charge on any atom is 0.0963 e. The van der Waals surface area contributed by atoms with Gasteiger partial charge in [0.15, 0.2) is 0 Å². The zero-order chi connectivity index (χ0) is 16.8. The van der Waals surface area contributed by atoms with Gasteiger partial charge in [0, 0.05) is 17.2 Å². The van der Waals surface area contributed by atoms with Crippen LogP contribution in [0.2, 0.25) is 0 Å². The lowest BCUT2D eigenvalue weighted by molar-refractivity contribution is 0.448. The highest BCUT2D eigenvalue weighted by Crippen LogP contribution is 2.34. The van der Waals surface area contributed by atoms with E-state index in [0.717, 1.165) is 25.1 Å². The highest BCUT2D eigenvalue weighted by Gasteiger charge is 2.19. The monoisotopic (exact) mass is 319 g/mol. The van der Waals surface area contributed by atoms with Crippen LogP contribution in [0.5, 0.6) is 0 Å². The Morgan fingerprint density at radius 1 is 0.958 bits per heavy atom. The standard InChI is InChI=1S/C21H25N3/c1-3-19(14-15-22-2)24-16-23-20(17-10-6-4-7-11-17)21(24)18-12-8-5-9-13-18/h4-13,16,19,22H,3,14-15H2,1-2H3. The molecule has 2 aromatic carbocycles. The first-order valence-electron chi connectivity index (χ1n) is 8.67. The van der Waals surface area contributed by atoms with Gasteiger partial charge in [0.2, 0.25) is 0 Å². The van der Waals surface area contributed by atoms with Gasteiger partial charge in [0.25, 0.3) is 0 Å². The number of nitrogens with one attached hydrogen (secondary N) is 1. The van der Waals surface area contributed by atoms with E-state index < -0.39 is 0 Å². The van der Waals surface area contributed by atoms with Crippen LogP contribution in [0, 0.1) is 0 Å². The Bertz CT molecular complexity index is 747. The Morgan fingerprint density at radius 3 is 2.17 bits per heavy atom. The molecule has 3 heteroatoms. The number of hydrogen-bond donors (Lipinski definition) is 1. The molecule has 1 heterocycles. The summed E-state index contributed by atoms with van der Waals surface area (Å²) in [4.78, 5) is 4.78. The molecule has 124 valence electrons. The molecule has 3 aromatic rings. The normalized spacial score (nSPS) is 12.2. The van der Waals surface area contributed by atoms with Crippen molar-refractivity contribution >= 4 is 0 Å². The number of imidazole rings is 1. The second-order valence-corrected chi connectivity index (χ2v) is 6.04. The first-order chi connectivity index (χ1) is 11.8. The van der Waals surface area contributed by atoms with E-state index in [9.17, 15) is 0 Å². The van der Waals surface area contributed by atoms with Crippen molar-refractivity contribution in [1.82, 2.24) is 14.9 Å². The second kappa shape index (κ2) is 7.93. The molecule has 0 amide bonds. The maximum atomic E-state index is 4.78. The lowest BCUT2D eigenvalue weighted by Crippen LogP contribution is -2.16. The van der Waals surface area contributed by atoms with Gasteiger partial charge in [-0.2, -0.15) is 0 Å². The SMILES string of the molecule is CCC(CCNC)n1cnc(-c2ccccc2)c1-c1ccccc1. The molecule has 1 atom stereocenters. The van der Waals surface area contributed by atoms with Gasteiger partial charge in [-0.05, 0) is 26.4 Å². The third kappa shape index (κ3) is 3.41. The molecule has 1 aromatic heterocycles. The van der Waals surface area contributed by atoms with Crippen LogP contribution in [0.1, 0.15) is 25.8 Å². The third-order valence-electron chi connectivity index (χ3n) is 4.48. The summed E-state index contributed by atoms with van der Waals surface area (Å²) in [5, 5.41) is 3.27. The number of hydrogen-bond acceptors (Lipinski definition) is 2. The first-order valence-corrected chi connectivity index (χ1v) is 8.67. The Labute approximate surface area is 144 Å². The minimum Gasteiger partial charge on any atom is -0.327 e. The molecule has 0 fully saturated rings. The van der Waals surface area contributed by atoms with Gasteiger partial charge in [-0.1, -0.05) is 67.6 Å². The first kappa shape index (κ1) is 16.5. The van der Waals surface area contributed by atoms with E-state index in [1.165, 1.54) is 16.8 Å². The lowest BCUT2D eigenvalue weighted by atomic mass is 10.0. The van der Waals surface area contributed by atoms with Crippen LogP contribution in [-0.2, 0) is 0 Å². The fourth-order valence-corrected chi connectivity index (χ4v) is 3.18. The predicted octanol–water partition coefficient (Wildman–Crippen LogP) is 4.78. The predicted molar refractivity (Wildman–Crippen MR) is 101 cm³/mol. The van der Waals surface area contributed by atoms with Crippen molar-refractivity contribution in [2.75, 3.05) is 13.6 Å². The summed E-state index contributed by atoms with van der Waals surface area (Å²) < 4.78 is 2.36. The van der Waals surface area contributed by atoms with Gasteiger partial charge < -0.3 is 9.88 Å². The average Bonchev–Trinajstić information content (AvgIpc) is 3.09. The molecular weight excluding hydrogens is 294 g/mol. The van der Waals surface area contributed by atoms with Crippen molar-refractivity contribution in [3.63, 3.8) is 0 Å². The van der Waals surface area contributed by atoms with E-state index in [1.807, 2.05) is 19.4 Å². The molecule has 0 radical (unpaired) electrons. The van der Waals surface area contributed by atoms with Gasteiger partial charge in [-0.15, -0.1) is 0 Å². The van der Waals surface area contributed by atoms with Crippen LogP contribution in [0.3, 0.4) is 0 Å². The topological polar surface area (TPSA) is 29.9 Å². The van der Waals surface area contributed by atoms with E-state index in [2.05, 4.69) is 71.4 Å². The summed E-state index contributed by atoms with van der Waals surface area (Å²) >= 11 is 0. The summed E-state index contributed by atoms with van der Waals surface area (Å²) in [5.74, 6) is 0. The van der Waals surface area contributed by atoms with Gasteiger partial charge >= 0.3 is 0 Å². The Balaban J connectivity index is 2.11.